The molecule has 1 saturated heterocycles. The molecule has 0 aromatic rings. The summed E-state index contributed by atoms with van der Waals surface area (Å²) in [6, 6.07) is 0. The zero-order chi connectivity index (χ0) is 9.30. The van der Waals surface area contributed by atoms with Crippen molar-refractivity contribution in [3.63, 3.8) is 0 Å². The summed E-state index contributed by atoms with van der Waals surface area (Å²) < 4.78 is 4.58. The number of aliphatic hydroxyl groups excluding tert-OH is 5. The maximum atomic E-state index is 9.12. The molecule has 1 heterocycles. The van der Waals surface area contributed by atoms with Gasteiger partial charge >= 0.3 is 0 Å². The maximum Gasteiger partial charge on any atom is 0.184 e. The molecule has 72 valence electrons. The molecule has 1 aliphatic heterocycles. The molecule has 0 spiro atoms. The SMILES string of the molecule is OC[C@H]1OC(O)[C@@H](O)[C@@H]([18OH])[C@@H]1O. The summed E-state index contributed by atoms with van der Waals surface area (Å²) in [6.45, 7) is -0.526. The van der Waals surface area contributed by atoms with Gasteiger partial charge < -0.3 is 30.3 Å². The van der Waals surface area contributed by atoms with Crippen molar-refractivity contribution in [1.82, 2.24) is 0 Å². The lowest BCUT2D eigenvalue weighted by atomic mass is 10.0. The Morgan fingerprint density at radius 1 is 1.17 bits per heavy atom. The van der Waals surface area contributed by atoms with Crippen LogP contribution in [0, 0.1) is 0 Å². The first-order chi connectivity index (χ1) is 5.57. The predicted octanol–water partition coefficient (Wildman–Crippen LogP) is -3.22. The summed E-state index contributed by atoms with van der Waals surface area (Å²) in [4.78, 5) is 0. The first-order valence-corrected chi connectivity index (χ1v) is 3.56. The molecule has 0 aromatic heterocycles. The van der Waals surface area contributed by atoms with E-state index in [1.165, 1.54) is 0 Å². The highest BCUT2D eigenvalue weighted by Crippen LogP contribution is 2.18. The van der Waals surface area contributed by atoms with E-state index >= 15 is 0 Å². The first-order valence-electron chi connectivity index (χ1n) is 3.56. The van der Waals surface area contributed by atoms with Gasteiger partial charge in [0.25, 0.3) is 0 Å². The van der Waals surface area contributed by atoms with Crippen LogP contribution in [0.2, 0.25) is 0 Å². The zero-order valence-corrected chi connectivity index (χ0v) is 6.24. The monoisotopic (exact) mass is 182 g/mol. The molecule has 1 unspecified atom stereocenters. The van der Waals surface area contributed by atoms with E-state index in [4.69, 9.17) is 25.5 Å². The fraction of sp³-hybridized carbons (Fsp3) is 1.00. The molecule has 0 aliphatic carbocycles. The molecular weight excluding hydrogens is 170 g/mol. The van der Waals surface area contributed by atoms with Crippen LogP contribution >= 0.6 is 0 Å². The zero-order valence-electron chi connectivity index (χ0n) is 6.24. The normalized spacial score (nSPS) is 49.2. The lowest BCUT2D eigenvalue weighted by Gasteiger charge is -2.37. The third-order valence-corrected chi connectivity index (χ3v) is 1.87. The Balaban J connectivity index is 2.63. The first kappa shape index (κ1) is 9.85. The summed E-state index contributed by atoms with van der Waals surface area (Å²) in [7, 11) is 0. The van der Waals surface area contributed by atoms with Gasteiger partial charge in [-0.1, -0.05) is 0 Å². The quantitative estimate of drug-likeness (QED) is 0.273. The van der Waals surface area contributed by atoms with Gasteiger partial charge in [-0.2, -0.15) is 0 Å². The standard InChI is InChI=1S/C6H12O6/c7-1-2-3(8)4(9)5(10)6(11)12-2/h2-11H,1H2/t2-,3-,4+,5+,6?/m1/s1/i9+2. The summed E-state index contributed by atoms with van der Waals surface area (Å²) in [5, 5.41) is 44.7. The Hall–Kier alpha value is -0.240. The Kier molecular flexibility index (Phi) is 2.99. The number of rotatable bonds is 1. The van der Waals surface area contributed by atoms with Crippen molar-refractivity contribution in [1.29, 1.82) is 0 Å². The molecule has 5 atom stereocenters. The van der Waals surface area contributed by atoms with Gasteiger partial charge in [0.05, 0.1) is 6.61 Å². The van der Waals surface area contributed by atoms with E-state index in [1.807, 2.05) is 0 Å². The molecule has 6 heteroatoms. The van der Waals surface area contributed by atoms with Crippen LogP contribution in [0.4, 0.5) is 0 Å². The van der Waals surface area contributed by atoms with Crippen molar-refractivity contribution >= 4 is 0 Å². The number of hydrogen-bond donors (Lipinski definition) is 5. The molecule has 5 N–H and O–H groups in total. The van der Waals surface area contributed by atoms with Gasteiger partial charge in [0, 0.05) is 0 Å². The summed E-state index contributed by atoms with van der Waals surface area (Å²) in [6.07, 6.45) is -7.04. The summed E-state index contributed by atoms with van der Waals surface area (Å²) in [5.41, 5.74) is 0. The molecule has 6 nitrogen and oxygen atoms in total. The molecular formula is C6H12O6. The highest BCUT2D eigenvalue weighted by molar-refractivity contribution is 4.87. The largest absolute Gasteiger partial charge is 0.394 e. The van der Waals surface area contributed by atoms with Gasteiger partial charge in [-0.25, -0.2) is 0 Å². The molecule has 0 bridgehead atoms. The highest BCUT2D eigenvalue weighted by Gasteiger charge is 2.42. The third kappa shape index (κ3) is 1.58. The van der Waals surface area contributed by atoms with Crippen molar-refractivity contribution in [2.24, 2.45) is 0 Å². The third-order valence-electron chi connectivity index (χ3n) is 1.87. The van der Waals surface area contributed by atoms with Crippen molar-refractivity contribution in [3.8, 4) is 0 Å². The van der Waals surface area contributed by atoms with Crippen LogP contribution in [0.25, 0.3) is 0 Å². The predicted molar refractivity (Wildman–Crippen MR) is 36.0 cm³/mol. The Morgan fingerprint density at radius 2 is 1.75 bits per heavy atom. The van der Waals surface area contributed by atoms with E-state index in [1.54, 1.807) is 0 Å². The summed E-state index contributed by atoms with van der Waals surface area (Å²) in [5.74, 6) is 0. The van der Waals surface area contributed by atoms with E-state index in [2.05, 4.69) is 4.74 Å². The van der Waals surface area contributed by atoms with E-state index in [9.17, 15) is 0 Å². The molecule has 0 amide bonds. The molecule has 1 rings (SSSR count). The molecule has 1 aliphatic rings. The minimum atomic E-state index is -1.57. The van der Waals surface area contributed by atoms with E-state index < -0.39 is 37.3 Å². The number of ether oxygens (including phenoxy) is 1. The molecule has 12 heavy (non-hydrogen) atoms. The van der Waals surface area contributed by atoms with Gasteiger partial charge in [0.1, 0.15) is 24.4 Å². The average molecular weight is 182 g/mol. The smallest absolute Gasteiger partial charge is 0.184 e. The maximum absolute atomic E-state index is 9.12. The number of aliphatic hydroxyl groups is 5. The van der Waals surface area contributed by atoms with Gasteiger partial charge in [0.2, 0.25) is 0 Å². The van der Waals surface area contributed by atoms with Crippen LogP contribution in [-0.2, 0) is 4.74 Å². The van der Waals surface area contributed by atoms with Crippen molar-refractivity contribution in [3.05, 3.63) is 0 Å². The molecule has 0 radical (unpaired) electrons. The minimum absolute atomic E-state index is 0.526. The number of hydrogen-bond acceptors (Lipinski definition) is 6. The van der Waals surface area contributed by atoms with Gasteiger partial charge in [-0.15, -0.1) is 0 Å². The fourth-order valence-corrected chi connectivity index (χ4v) is 1.08. The van der Waals surface area contributed by atoms with Crippen LogP contribution in [0.1, 0.15) is 0 Å². The average Bonchev–Trinajstić information content (AvgIpc) is 2.08. The van der Waals surface area contributed by atoms with E-state index in [0.717, 1.165) is 0 Å². The second kappa shape index (κ2) is 3.65. The van der Waals surface area contributed by atoms with Crippen LogP contribution in [0.15, 0.2) is 0 Å². The van der Waals surface area contributed by atoms with Gasteiger partial charge in [-0.3, -0.25) is 0 Å². The fourth-order valence-electron chi connectivity index (χ4n) is 1.08. The second-order valence-corrected chi connectivity index (χ2v) is 2.72. The van der Waals surface area contributed by atoms with Crippen molar-refractivity contribution in [2.45, 2.75) is 30.7 Å². The second-order valence-electron chi connectivity index (χ2n) is 2.72. The van der Waals surface area contributed by atoms with Crippen LogP contribution in [0.3, 0.4) is 0 Å². The Morgan fingerprint density at radius 3 is 2.25 bits per heavy atom. The lowest BCUT2D eigenvalue weighted by molar-refractivity contribution is -0.286. The minimum Gasteiger partial charge on any atom is -0.394 e. The molecule has 0 saturated carbocycles. The Bertz CT molecular complexity index is 146. The van der Waals surface area contributed by atoms with Gasteiger partial charge in [-0.05, 0) is 0 Å². The van der Waals surface area contributed by atoms with Crippen LogP contribution in [-0.4, -0.2) is 62.8 Å². The highest BCUT2D eigenvalue weighted by atomic mass is 18.2. The molecule has 0 aromatic carbocycles. The topological polar surface area (TPSA) is 110 Å². The van der Waals surface area contributed by atoms with E-state index in [0.29, 0.717) is 0 Å². The van der Waals surface area contributed by atoms with Gasteiger partial charge in [0.15, 0.2) is 6.29 Å². The van der Waals surface area contributed by atoms with E-state index in [-0.39, 0.29) is 0 Å². The van der Waals surface area contributed by atoms with Crippen LogP contribution < -0.4 is 0 Å². The summed E-state index contributed by atoms with van der Waals surface area (Å²) >= 11 is 0. The Labute approximate surface area is 68.6 Å². The lowest BCUT2D eigenvalue weighted by Crippen LogP contribution is -2.58. The van der Waals surface area contributed by atoms with Crippen molar-refractivity contribution < 1.29 is 30.3 Å². The molecule has 1 fully saturated rings. The van der Waals surface area contributed by atoms with Crippen LogP contribution in [0.5, 0.6) is 0 Å². The van der Waals surface area contributed by atoms with Crippen molar-refractivity contribution in [2.75, 3.05) is 6.61 Å².